The van der Waals surface area contributed by atoms with Gasteiger partial charge in [0.2, 0.25) is 11.8 Å². The molecular formula is C16H20N4O2. The third-order valence-corrected chi connectivity index (χ3v) is 3.84. The van der Waals surface area contributed by atoms with Crippen molar-refractivity contribution in [2.24, 2.45) is 11.7 Å². The molecule has 22 heavy (non-hydrogen) atoms. The fourth-order valence-corrected chi connectivity index (χ4v) is 2.64. The zero-order valence-corrected chi connectivity index (χ0v) is 12.4. The van der Waals surface area contributed by atoms with Gasteiger partial charge in [0.25, 0.3) is 0 Å². The summed E-state index contributed by atoms with van der Waals surface area (Å²) in [4.78, 5) is 25.3. The van der Waals surface area contributed by atoms with Gasteiger partial charge in [0, 0.05) is 25.2 Å². The van der Waals surface area contributed by atoms with Crippen molar-refractivity contribution >= 4 is 17.5 Å². The van der Waals surface area contributed by atoms with Gasteiger partial charge in [-0.3, -0.25) is 9.59 Å². The average Bonchev–Trinajstić information content (AvgIpc) is 2.53. The third-order valence-electron chi connectivity index (χ3n) is 3.84. The SMILES string of the molecule is N#Cc1cccc(NC(=O)CCN2CCCC(C(N)=O)C2)c1. The van der Waals surface area contributed by atoms with E-state index in [0.29, 0.717) is 30.8 Å². The van der Waals surface area contributed by atoms with Crippen LogP contribution in [0, 0.1) is 17.2 Å². The molecule has 1 aromatic carbocycles. The van der Waals surface area contributed by atoms with Gasteiger partial charge in [-0.05, 0) is 37.6 Å². The second kappa shape index (κ2) is 7.57. The number of piperidine rings is 1. The highest BCUT2D eigenvalue weighted by Crippen LogP contribution is 2.16. The lowest BCUT2D eigenvalue weighted by atomic mass is 9.97. The smallest absolute Gasteiger partial charge is 0.225 e. The van der Waals surface area contributed by atoms with E-state index in [1.807, 2.05) is 6.07 Å². The lowest BCUT2D eigenvalue weighted by molar-refractivity contribution is -0.123. The second-order valence-corrected chi connectivity index (χ2v) is 5.53. The van der Waals surface area contributed by atoms with Crippen molar-refractivity contribution in [3.63, 3.8) is 0 Å². The number of nitrogens with two attached hydrogens (primary N) is 1. The number of amides is 2. The van der Waals surface area contributed by atoms with Crippen molar-refractivity contribution in [1.29, 1.82) is 5.26 Å². The van der Waals surface area contributed by atoms with Gasteiger partial charge in [-0.25, -0.2) is 0 Å². The zero-order valence-electron chi connectivity index (χ0n) is 12.4. The zero-order chi connectivity index (χ0) is 15.9. The highest BCUT2D eigenvalue weighted by molar-refractivity contribution is 5.91. The molecule has 1 heterocycles. The van der Waals surface area contributed by atoms with Crippen molar-refractivity contribution in [2.75, 3.05) is 25.0 Å². The van der Waals surface area contributed by atoms with E-state index in [2.05, 4.69) is 10.2 Å². The maximum Gasteiger partial charge on any atom is 0.225 e. The fourth-order valence-electron chi connectivity index (χ4n) is 2.64. The van der Waals surface area contributed by atoms with Gasteiger partial charge in [0.15, 0.2) is 0 Å². The van der Waals surface area contributed by atoms with Gasteiger partial charge in [0.1, 0.15) is 0 Å². The van der Waals surface area contributed by atoms with Crippen LogP contribution in [0.2, 0.25) is 0 Å². The predicted octanol–water partition coefficient (Wildman–Crippen LogP) is 1.08. The van der Waals surface area contributed by atoms with Crippen LogP contribution in [-0.4, -0.2) is 36.3 Å². The van der Waals surface area contributed by atoms with E-state index in [1.165, 1.54) is 0 Å². The van der Waals surface area contributed by atoms with E-state index < -0.39 is 0 Å². The van der Waals surface area contributed by atoms with E-state index in [4.69, 9.17) is 11.0 Å². The van der Waals surface area contributed by atoms with Gasteiger partial charge >= 0.3 is 0 Å². The number of likely N-dealkylation sites (tertiary alicyclic amines) is 1. The molecule has 6 nitrogen and oxygen atoms in total. The number of benzene rings is 1. The molecule has 1 saturated heterocycles. The number of hydrogen-bond acceptors (Lipinski definition) is 4. The quantitative estimate of drug-likeness (QED) is 0.850. The Bertz CT molecular complexity index is 594. The van der Waals surface area contributed by atoms with Crippen LogP contribution in [-0.2, 0) is 9.59 Å². The Labute approximate surface area is 129 Å². The molecule has 1 atom stereocenters. The Hall–Kier alpha value is -2.39. The topological polar surface area (TPSA) is 99.2 Å². The minimum absolute atomic E-state index is 0.101. The third kappa shape index (κ3) is 4.57. The normalized spacial score (nSPS) is 18.4. The maximum atomic E-state index is 12.0. The van der Waals surface area contributed by atoms with Crippen molar-refractivity contribution in [3.05, 3.63) is 29.8 Å². The number of carbonyl (C=O) groups is 2. The first-order chi connectivity index (χ1) is 10.6. The number of anilines is 1. The second-order valence-electron chi connectivity index (χ2n) is 5.53. The van der Waals surface area contributed by atoms with Crippen molar-refractivity contribution in [1.82, 2.24) is 4.90 Å². The van der Waals surface area contributed by atoms with E-state index in [9.17, 15) is 9.59 Å². The molecule has 1 fully saturated rings. The number of nitrogens with one attached hydrogen (secondary N) is 1. The summed E-state index contributed by atoms with van der Waals surface area (Å²) in [5, 5.41) is 11.6. The number of carbonyl (C=O) groups excluding carboxylic acids is 2. The molecule has 0 radical (unpaired) electrons. The van der Waals surface area contributed by atoms with E-state index in [0.717, 1.165) is 19.4 Å². The molecule has 1 aromatic rings. The number of hydrogen-bond donors (Lipinski definition) is 2. The van der Waals surface area contributed by atoms with Crippen molar-refractivity contribution < 1.29 is 9.59 Å². The number of primary amides is 1. The molecular weight excluding hydrogens is 280 g/mol. The molecule has 3 N–H and O–H groups in total. The van der Waals surface area contributed by atoms with Crippen LogP contribution in [0.5, 0.6) is 0 Å². The lowest BCUT2D eigenvalue weighted by Crippen LogP contribution is -2.42. The Balaban J connectivity index is 1.80. The Morgan fingerprint density at radius 1 is 1.45 bits per heavy atom. The van der Waals surface area contributed by atoms with E-state index >= 15 is 0 Å². The minimum Gasteiger partial charge on any atom is -0.369 e. The van der Waals surface area contributed by atoms with Gasteiger partial charge < -0.3 is 16.0 Å². The molecule has 1 aliphatic rings. The minimum atomic E-state index is -0.262. The first kappa shape index (κ1) is 16.0. The highest BCUT2D eigenvalue weighted by Gasteiger charge is 2.23. The summed E-state index contributed by atoms with van der Waals surface area (Å²) < 4.78 is 0. The summed E-state index contributed by atoms with van der Waals surface area (Å²) in [5.41, 5.74) is 6.48. The summed E-state index contributed by atoms with van der Waals surface area (Å²) in [7, 11) is 0. The molecule has 0 aromatic heterocycles. The molecule has 2 amide bonds. The number of nitrogens with zero attached hydrogens (tertiary/aromatic N) is 2. The first-order valence-corrected chi connectivity index (χ1v) is 7.40. The van der Waals surface area contributed by atoms with Crippen LogP contribution in [0.1, 0.15) is 24.8 Å². The van der Waals surface area contributed by atoms with E-state index in [-0.39, 0.29) is 17.7 Å². The molecule has 6 heteroatoms. The predicted molar refractivity (Wildman–Crippen MR) is 82.8 cm³/mol. The highest BCUT2D eigenvalue weighted by atomic mass is 16.2. The van der Waals surface area contributed by atoms with Gasteiger partial charge in [-0.15, -0.1) is 0 Å². The molecule has 0 spiro atoms. The molecule has 2 rings (SSSR count). The summed E-state index contributed by atoms with van der Waals surface area (Å²) in [6.07, 6.45) is 2.11. The van der Waals surface area contributed by atoms with Crippen LogP contribution in [0.25, 0.3) is 0 Å². The monoisotopic (exact) mass is 300 g/mol. The molecule has 0 bridgehead atoms. The lowest BCUT2D eigenvalue weighted by Gasteiger charge is -2.30. The van der Waals surface area contributed by atoms with Gasteiger partial charge in [-0.2, -0.15) is 5.26 Å². The van der Waals surface area contributed by atoms with Crippen LogP contribution in [0.3, 0.4) is 0 Å². The van der Waals surface area contributed by atoms with Crippen molar-refractivity contribution in [2.45, 2.75) is 19.3 Å². The van der Waals surface area contributed by atoms with Crippen molar-refractivity contribution in [3.8, 4) is 6.07 Å². The van der Waals surface area contributed by atoms with Gasteiger partial charge in [-0.1, -0.05) is 6.07 Å². The Kier molecular flexibility index (Phi) is 5.50. The first-order valence-electron chi connectivity index (χ1n) is 7.40. The number of rotatable bonds is 5. The Morgan fingerprint density at radius 3 is 3.00 bits per heavy atom. The van der Waals surface area contributed by atoms with Gasteiger partial charge in [0.05, 0.1) is 17.6 Å². The summed E-state index contributed by atoms with van der Waals surface area (Å²) in [5.74, 6) is -0.470. The molecule has 1 aliphatic heterocycles. The standard InChI is InChI=1S/C16H20N4O2/c17-10-12-3-1-5-14(9-12)19-15(21)6-8-20-7-2-4-13(11-20)16(18)22/h1,3,5,9,13H,2,4,6-8,11H2,(H2,18,22)(H,19,21). The molecule has 0 aliphatic carbocycles. The average molecular weight is 300 g/mol. The van der Waals surface area contributed by atoms with Crippen LogP contribution >= 0.6 is 0 Å². The largest absolute Gasteiger partial charge is 0.369 e. The summed E-state index contributed by atoms with van der Waals surface area (Å²) in [6.45, 7) is 2.13. The molecule has 0 saturated carbocycles. The maximum absolute atomic E-state index is 12.0. The summed E-state index contributed by atoms with van der Waals surface area (Å²) >= 11 is 0. The molecule has 116 valence electrons. The van der Waals surface area contributed by atoms with Crippen LogP contribution in [0.4, 0.5) is 5.69 Å². The fraction of sp³-hybridized carbons (Fsp3) is 0.438. The van der Waals surface area contributed by atoms with E-state index in [1.54, 1.807) is 24.3 Å². The summed E-state index contributed by atoms with van der Waals surface area (Å²) in [6, 6.07) is 8.85. The number of nitriles is 1. The van der Waals surface area contributed by atoms with Crippen LogP contribution < -0.4 is 11.1 Å². The molecule has 1 unspecified atom stereocenters. The Morgan fingerprint density at radius 2 is 2.27 bits per heavy atom. The van der Waals surface area contributed by atoms with Crippen LogP contribution in [0.15, 0.2) is 24.3 Å².